The number of anilines is 1. The first kappa shape index (κ1) is 13.8. The topological polar surface area (TPSA) is 81.5 Å². The number of hydrogen-bond acceptors (Lipinski definition) is 4. The Morgan fingerprint density at radius 2 is 2.33 bits per heavy atom. The van der Waals surface area contributed by atoms with Crippen molar-refractivity contribution < 1.29 is 14.5 Å². The second-order valence-corrected chi connectivity index (χ2v) is 3.54. The van der Waals surface area contributed by atoms with E-state index in [0.717, 1.165) is 6.07 Å². The van der Waals surface area contributed by atoms with Gasteiger partial charge in [-0.15, -0.1) is 12.3 Å². The molecule has 0 spiro atoms. The number of halogens is 1. The lowest BCUT2D eigenvalue weighted by atomic mass is 10.3. The van der Waals surface area contributed by atoms with Gasteiger partial charge in [-0.25, -0.2) is 4.79 Å². The Morgan fingerprint density at radius 3 is 2.89 bits per heavy atom. The molecule has 1 N–H and O–H groups in total. The van der Waals surface area contributed by atoms with Gasteiger partial charge in [0.05, 0.1) is 15.6 Å². The maximum absolute atomic E-state index is 11.3. The second kappa shape index (κ2) is 6.47. The van der Waals surface area contributed by atoms with Gasteiger partial charge in [-0.1, -0.05) is 11.6 Å². The summed E-state index contributed by atoms with van der Waals surface area (Å²) in [5, 5.41) is 12.9. The highest BCUT2D eigenvalue weighted by atomic mass is 35.5. The van der Waals surface area contributed by atoms with E-state index >= 15 is 0 Å². The smallest absolute Gasteiger partial charge is 0.411 e. The molecule has 1 aromatic rings. The number of nitro groups is 1. The van der Waals surface area contributed by atoms with E-state index in [2.05, 4.69) is 11.2 Å². The summed E-state index contributed by atoms with van der Waals surface area (Å²) in [6, 6.07) is 3.68. The molecule has 18 heavy (non-hydrogen) atoms. The molecule has 0 aliphatic rings. The number of benzene rings is 1. The Morgan fingerprint density at radius 1 is 1.61 bits per heavy atom. The number of nitro benzene ring substituents is 1. The largest absolute Gasteiger partial charge is 0.448 e. The highest BCUT2D eigenvalue weighted by molar-refractivity contribution is 6.33. The summed E-state index contributed by atoms with van der Waals surface area (Å²) >= 11 is 5.77. The first-order valence-corrected chi connectivity index (χ1v) is 5.23. The van der Waals surface area contributed by atoms with Gasteiger partial charge in [-0.05, 0) is 6.07 Å². The van der Waals surface area contributed by atoms with E-state index in [9.17, 15) is 14.9 Å². The summed E-state index contributed by atoms with van der Waals surface area (Å²) in [5.41, 5.74) is 0.0687. The van der Waals surface area contributed by atoms with Gasteiger partial charge < -0.3 is 4.74 Å². The monoisotopic (exact) mass is 268 g/mol. The van der Waals surface area contributed by atoms with Crippen molar-refractivity contribution in [3.63, 3.8) is 0 Å². The molecule has 1 aromatic carbocycles. The zero-order valence-electron chi connectivity index (χ0n) is 9.18. The Hall–Kier alpha value is -2.26. The van der Waals surface area contributed by atoms with Gasteiger partial charge in [-0.3, -0.25) is 15.4 Å². The number of carbonyl (C=O) groups excluding carboxylic acids is 1. The molecule has 94 valence electrons. The molecule has 0 aromatic heterocycles. The van der Waals surface area contributed by atoms with Crippen LogP contribution in [0.2, 0.25) is 5.02 Å². The Kier molecular flexibility index (Phi) is 4.96. The van der Waals surface area contributed by atoms with Crippen LogP contribution in [-0.4, -0.2) is 17.6 Å². The minimum absolute atomic E-state index is 0.0538. The van der Waals surface area contributed by atoms with E-state index in [0.29, 0.717) is 6.42 Å². The minimum atomic E-state index is -0.721. The summed E-state index contributed by atoms with van der Waals surface area (Å²) in [6.45, 7) is 0.0902. The van der Waals surface area contributed by atoms with Gasteiger partial charge in [0.15, 0.2) is 0 Å². The quantitative estimate of drug-likeness (QED) is 0.394. The third kappa shape index (κ3) is 3.96. The number of nitrogens with zero attached hydrogens (tertiary/aromatic N) is 1. The fourth-order valence-electron chi connectivity index (χ4n) is 1.07. The number of amides is 1. The molecule has 1 amide bonds. The van der Waals surface area contributed by atoms with Gasteiger partial charge in [-0.2, -0.15) is 0 Å². The Bertz CT molecular complexity index is 510. The van der Waals surface area contributed by atoms with Crippen molar-refractivity contribution in [2.75, 3.05) is 11.9 Å². The van der Waals surface area contributed by atoms with E-state index in [1.54, 1.807) is 0 Å². The van der Waals surface area contributed by atoms with Crippen LogP contribution in [0.5, 0.6) is 0 Å². The lowest BCUT2D eigenvalue weighted by Gasteiger charge is -2.07. The molecular formula is C11H9ClN2O4. The van der Waals surface area contributed by atoms with Crippen LogP contribution in [0.1, 0.15) is 6.42 Å². The third-order valence-electron chi connectivity index (χ3n) is 1.88. The molecule has 0 unspecified atom stereocenters. The van der Waals surface area contributed by atoms with Crippen LogP contribution in [0, 0.1) is 22.5 Å². The molecule has 6 nitrogen and oxygen atoms in total. The number of nitrogens with one attached hydrogen (secondary N) is 1. The highest BCUT2D eigenvalue weighted by Crippen LogP contribution is 2.26. The number of rotatable bonds is 4. The average Bonchev–Trinajstić information content (AvgIpc) is 2.32. The van der Waals surface area contributed by atoms with Crippen molar-refractivity contribution in [1.29, 1.82) is 0 Å². The normalized spacial score (nSPS) is 9.33. The van der Waals surface area contributed by atoms with Crippen molar-refractivity contribution in [3.8, 4) is 12.3 Å². The fraction of sp³-hybridized carbons (Fsp3) is 0.182. The molecule has 0 fully saturated rings. The third-order valence-corrected chi connectivity index (χ3v) is 2.19. The summed E-state index contributed by atoms with van der Waals surface area (Å²) in [7, 11) is 0. The molecule has 0 atom stereocenters. The zero-order chi connectivity index (χ0) is 13.5. The average molecular weight is 269 g/mol. The maximum Gasteiger partial charge on any atom is 0.411 e. The number of hydrogen-bond donors (Lipinski definition) is 1. The van der Waals surface area contributed by atoms with E-state index in [1.165, 1.54) is 12.1 Å². The van der Waals surface area contributed by atoms with Crippen LogP contribution in [-0.2, 0) is 4.74 Å². The summed E-state index contributed by atoms with van der Waals surface area (Å²) in [4.78, 5) is 21.2. The van der Waals surface area contributed by atoms with E-state index in [-0.39, 0.29) is 23.0 Å². The number of non-ortho nitro benzene ring substituents is 1. The molecular weight excluding hydrogens is 260 g/mol. The predicted molar refractivity (Wildman–Crippen MR) is 66.5 cm³/mol. The number of carbonyl (C=O) groups is 1. The van der Waals surface area contributed by atoms with Crippen molar-refractivity contribution in [2.24, 2.45) is 0 Å². The molecule has 0 aliphatic heterocycles. The molecule has 0 heterocycles. The van der Waals surface area contributed by atoms with Crippen LogP contribution >= 0.6 is 11.6 Å². The molecule has 0 radical (unpaired) electrons. The van der Waals surface area contributed by atoms with Gasteiger partial charge in [0.1, 0.15) is 6.61 Å². The van der Waals surface area contributed by atoms with Crippen LogP contribution in [0.15, 0.2) is 18.2 Å². The summed E-state index contributed by atoms with van der Waals surface area (Å²) < 4.78 is 4.73. The minimum Gasteiger partial charge on any atom is -0.448 e. The number of terminal acetylenes is 1. The van der Waals surface area contributed by atoms with Crippen molar-refractivity contribution in [3.05, 3.63) is 33.3 Å². The number of ether oxygens (including phenoxy) is 1. The lowest BCUT2D eigenvalue weighted by Crippen LogP contribution is -2.14. The molecule has 0 aliphatic carbocycles. The van der Waals surface area contributed by atoms with Gasteiger partial charge in [0, 0.05) is 18.6 Å². The standard InChI is InChI=1S/C11H9ClN2O4/c1-2-3-6-18-11(15)13-10-5-4-8(14(16)17)7-9(10)12/h1,4-5,7H,3,6H2,(H,13,15). The zero-order valence-corrected chi connectivity index (χ0v) is 9.94. The molecule has 0 bridgehead atoms. The molecule has 0 saturated carbocycles. The van der Waals surface area contributed by atoms with E-state index in [4.69, 9.17) is 22.8 Å². The van der Waals surface area contributed by atoms with Crippen LogP contribution in [0.4, 0.5) is 16.2 Å². The highest BCUT2D eigenvalue weighted by Gasteiger charge is 2.11. The molecule has 7 heteroatoms. The maximum atomic E-state index is 11.3. The van der Waals surface area contributed by atoms with Crippen molar-refractivity contribution >= 4 is 29.1 Å². The second-order valence-electron chi connectivity index (χ2n) is 3.14. The van der Waals surface area contributed by atoms with Crippen molar-refractivity contribution in [2.45, 2.75) is 6.42 Å². The van der Waals surface area contributed by atoms with E-state index in [1.807, 2.05) is 0 Å². The predicted octanol–water partition coefficient (Wildman–Crippen LogP) is 2.82. The fourth-order valence-corrected chi connectivity index (χ4v) is 1.29. The molecule has 0 saturated heterocycles. The Balaban J connectivity index is 2.65. The van der Waals surface area contributed by atoms with Gasteiger partial charge in [0.25, 0.3) is 5.69 Å². The SMILES string of the molecule is C#CCCOC(=O)Nc1ccc([N+](=O)[O-])cc1Cl. The van der Waals surface area contributed by atoms with Crippen LogP contribution in [0.3, 0.4) is 0 Å². The van der Waals surface area contributed by atoms with Crippen LogP contribution in [0.25, 0.3) is 0 Å². The van der Waals surface area contributed by atoms with Gasteiger partial charge >= 0.3 is 6.09 Å². The summed E-state index contributed by atoms with van der Waals surface area (Å²) in [6.07, 6.45) is 4.58. The van der Waals surface area contributed by atoms with Crippen LogP contribution < -0.4 is 5.32 Å². The molecule has 1 rings (SSSR count). The first-order valence-electron chi connectivity index (χ1n) is 4.85. The van der Waals surface area contributed by atoms with Gasteiger partial charge in [0.2, 0.25) is 0 Å². The lowest BCUT2D eigenvalue weighted by molar-refractivity contribution is -0.384. The Labute approximate surface area is 108 Å². The summed E-state index contributed by atoms with van der Waals surface area (Å²) in [5.74, 6) is 2.31. The van der Waals surface area contributed by atoms with E-state index < -0.39 is 11.0 Å². The first-order chi connectivity index (χ1) is 8.54. The van der Waals surface area contributed by atoms with Crippen molar-refractivity contribution in [1.82, 2.24) is 0 Å².